The molecule has 9 nitrogen and oxygen atoms in total. The highest BCUT2D eigenvalue weighted by Crippen LogP contribution is 2.36. The Hall–Kier alpha value is -3.14. The van der Waals surface area contributed by atoms with Gasteiger partial charge in [-0.3, -0.25) is 19.2 Å². The first-order chi connectivity index (χ1) is 14.0. The molecule has 0 aliphatic carbocycles. The Labute approximate surface area is 175 Å². The van der Waals surface area contributed by atoms with Gasteiger partial charge in [0.2, 0.25) is 15.9 Å². The molecule has 2 rings (SSSR count). The molecule has 0 heterocycles. The van der Waals surface area contributed by atoms with Gasteiger partial charge in [-0.15, -0.1) is 0 Å². The molecule has 0 aliphatic rings. The molecule has 1 atom stereocenters. The van der Waals surface area contributed by atoms with E-state index in [-0.39, 0.29) is 23.5 Å². The van der Waals surface area contributed by atoms with Gasteiger partial charge < -0.3 is 10.1 Å². The van der Waals surface area contributed by atoms with Crippen LogP contribution >= 0.6 is 0 Å². The van der Waals surface area contributed by atoms with Crippen molar-refractivity contribution in [2.45, 2.75) is 33.2 Å². The lowest BCUT2D eigenvalue weighted by Crippen LogP contribution is -2.47. The van der Waals surface area contributed by atoms with Crippen molar-refractivity contribution < 1.29 is 22.9 Å². The lowest BCUT2D eigenvalue weighted by Gasteiger charge is -2.31. The maximum Gasteiger partial charge on any atom is 0.271 e. The fourth-order valence-electron chi connectivity index (χ4n) is 3.09. The number of nitrogens with zero attached hydrogens (tertiary/aromatic N) is 2. The fourth-order valence-corrected chi connectivity index (χ4v) is 4.29. The molecule has 1 amide bonds. The SMILES string of the molecule is CC[C@H](C(=O)Nc1cc(C)ccc1C)N(c1cc([N+](=O)[O-])ccc1OC)S(C)(=O)=O. The Bertz CT molecular complexity index is 1070. The summed E-state index contributed by atoms with van der Waals surface area (Å²) in [5.74, 6) is -0.450. The largest absolute Gasteiger partial charge is 0.495 e. The number of carbonyl (C=O) groups excluding carboxylic acids is 1. The van der Waals surface area contributed by atoms with Crippen molar-refractivity contribution in [2.24, 2.45) is 0 Å². The average molecular weight is 436 g/mol. The van der Waals surface area contributed by atoms with Crippen molar-refractivity contribution in [1.82, 2.24) is 0 Å². The second-order valence-corrected chi connectivity index (χ2v) is 8.76. The minimum Gasteiger partial charge on any atom is -0.495 e. The Kier molecular flexibility index (Phi) is 7.04. The summed E-state index contributed by atoms with van der Waals surface area (Å²) in [6.07, 6.45) is 1.08. The molecule has 0 saturated carbocycles. The zero-order valence-electron chi connectivity index (χ0n) is 17.5. The normalized spacial score (nSPS) is 12.2. The van der Waals surface area contributed by atoms with Crippen LogP contribution in [0.15, 0.2) is 36.4 Å². The van der Waals surface area contributed by atoms with E-state index in [0.717, 1.165) is 27.8 Å². The maximum absolute atomic E-state index is 13.1. The minimum atomic E-state index is -3.99. The van der Waals surface area contributed by atoms with Gasteiger partial charge in [-0.2, -0.15) is 0 Å². The number of nitro benzene ring substituents is 1. The van der Waals surface area contributed by atoms with E-state index in [9.17, 15) is 23.3 Å². The van der Waals surface area contributed by atoms with Crippen molar-refractivity contribution in [1.29, 1.82) is 0 Å². The average Bonchev–Trinajstić information content (AvgIpc) is 2.67. The molecular formula is C20H25N3O6S. The van der Waals surface area contributed by atoms with Crippen molar-refractivity contribution >= 4 is 33.0 Å². The standard InChI is InChI=1S/C20H25N3O6S/c1-6-17(20(24)21-16-11-13(2)7-8-14(16)3)22(30(5,27)28)18-12-15(23(25)26)9-10-19(18)29-4/h7-12,17H,6H2,1-5H3,(H,21,24)/t17-/m1/s1. The van der Waals surface area contributed by atoms with E-state index in [1.807, 2.05) is 26.0 Å². The predicted molar refractivity (Wildman–Crippen MR) is 116 cm³/mol. The number of hydrogen-bond acceptors (Lipinski definition) is 6. The number of hydrogen-bond donors (Lipinski definition) is 1. The summed E-state index contributed by atoms with van der Waals surface area (Å²) in [5, 5.41) is 14.0. The molecule has 0 bridgehead atoms. The molecule has 0 radical (unpaired) electrons. The molecule has 2 aromatic rings. The van der Waals surface area contributed by atoms with Gasteiger partial charge in [-0.05, 0) is 43.5 Å². The zero-order valence-corrected chi connectivity index (χ0v) is 18.3. The molecule has 0 unspecified atom stereocenters. The number of non-ortho nitro benzene ring substituents is 1. The first-order valence-electron chi connectivity index (χ1n) is 9.19. The van der Waals surface area contributed by atoms with E-state index in [4.69, 9.17) is 4.74 Å². The highest BCUT2D eigenvalue weighted by molar-refractivity contribution is 7.92. The third-order valence-corrected chi connectivity index (χ3v) is 5.76. The second-order valence-electron chi connectivity index (χ2n) is 6.90. The zero-order chi connectivity index (χ0) is 22.6. The number of nitrogens with one attached hydrogen (secondary N) is 1. The van der Waals surface area contributed by atoms with Crippen LogP contribution in [-0.2, 0) is 14.8 Å². The van der Waals surface area contributed by atoms with Crippen LogP contribution in [0.1, 0.15) is 24.5 Å². The van der Waals surface area contributed by atoms with Gasteiger partial charge in [0, 0.05) is 17.8 Å². The molecule has 0 aliphatic heterocycles. The van der Waals surface area contributed by atoms with Gasteiger partial charge in [0.25, 0.3) is 5.69 Å². The number of carbonyl (C=O) groups is 1. The topological polar surface area (TPSA) is 119 Å². The summed E-state index contributed by atoms with van der Waals surface area (Å²) < 4.78 is 31.5. The van der Waals surface area contributed by atoms with Crippen LogP contribution in [0.5, 0.6) is 5.75 Å². The molecule has 0 fully saturated rings. The minimum absolute atomic E-state index is 0.0721. The van der Waals surface area contributed by atoms with E-state index in [0.29, 0.717) is 5.69 Å². The van der Waals surface area contributed by atoms with Gasteiger partial charge >= 0.3 is 0 Å². The third-order valence-electron chi connectivity index (χ3n) is 4.59. The van der Waals surface area contributed by atoms with Crippen LogP contribution in [0.3, 0.4) is 0 Å². The summed E-state index contributed by atoms with van der Waals surface area (Å²) in [6.45, 7) is 5.37. The van der Waals surface area contributed by atoms with Crippen LogP contribution in [0.4, 0.5) is 17.1 Å². The Morgan fingerprint density at radius 2 is 1.90 bits per heavy atom. The molecule has 1 N–H and O–H groups in total. The number of ether oxygens (including phenoxy) is 1. The lowest BCUT2D eigenvalue weighted by molar-refractivity contribution is -0.384. The monoisotopic (exact) mass is 435 g/mol. The van der Waals surface area contributed by atoms with Crippen LogP contribution < -0.4 is 14.4 Å². The summed E-state index contributed by atoms with van der Waals surface area (Å²) in [4.78, 5) is 23.7. The number of nitro groups is 1. The summed E-state index contributed by atoms with van der Waals surface area (Å²) in [7, 11) is -2.67. The highest BCUT2D eigenvalue weighted by atomic mass is 32.2. The number of aryl methyl sites for hydroxylation is 2. The molecule has 10 heteroatoms. The molecule has 0 spiro atoms. The number of amides is 1. The molecule has 0 aromatic heterocycles. The maximum atomic E-state index is 13.1. The number of rotatable bonds is 8. The lowest BCUT2D eigenvalue weighted by atomic mass is 10.1. The van der Waals surface area contributed by atoms with Crippen molar-refractivity contribution in [2.75, 3.05) is 23.0 Å². The summed E-state index contributed by atoms with van der Waals surface area (Å²) >= 11 is 0. The van der Waals surface area contributed by atoms with E-state index in [1.54, 1.807) is 13.0 Å². The third kappa shape index (κ3) is 5.07. The molecule has 2 aromatic carbocycles. The van der Waals surface area contributed by atoms with Crippen LogP contribution in [-0.4, -0.2) is 38.7 Å². The molecular weight excluding hydrogens is 410 g/mol. The van der Waals surface area contributed by atoms with Gasteiger partial charge in [0.05, 0.1) is 18.3 Å². The first kappa shape index (κ1) is 23.1. The number of anilines is 2. The van der Waals surface area contributed by atoms with Crippen LogP contribution in [0, 0.1) is 24.0 Å². The summed E-state index contributed by atoms with van der Waals surface area (Å²) in [5.41, 5.74) is 1.94. The van der Waals surface area contributed by atoms with Crippen LogP contribution in [0.2, 0.25) is 0 Å². The van der Waals surface area contributed by atoms with E-state index in [1.165, 1.54) is 19.2 Å². The smallest absolute Gasteiger partial charge is 0.271 e. The second kappa shape index (κ2) is 9.12. The number of methoxy groups -OCH3 is 1. The molecule has 30 heavy (non-hydrogen) atoms. The Morgan fingerprint density at radius 1 is 1.23 bits per heavy atom. The van der Waals surface area contributed by atoms with Gasteiger partial charge in [-0.1, -0.05) is 19.1 Å². The highest BCUT2D eigenvalue weighted by Gasteiger charge is 2.34. The Balaban J connectivity index is 2.57. The van der Waals surface area contributed by atoms with Crippen LogP contribution in [0.25, 0.3) is 0 Å². The summed E-state index contributed by atoms with van der Waals surface area (Å²) in [6, 6.07) is 8.01. The van der Waals surface area contributed by atoms with Crippen molar-refractivity contribution in [3.63, 3.8) is 0 Å². The first-order valence-corrected chi connectivity index (χ1v) is 11.0. The van der Waals surface area contributed by atoms with E-state index >= 15 is 0 Å². The predicted octanol–water partition coefficient (Wildman–Crippen LogP) is 3.40. The fraction of sp³-hybridized carbons (Fsp3) is 0.350. The van der Waals surface area contributed by atoms with E-state index < -0.39 is 26.9 Å². The molecule has 0 saturated heterocycles. The van der Waals surface area contributed by atoms with Gasteiger partial charge in [0.15, 0.2) is 0 Å². The van der Waals surface area contributed by atoms with Gasteiger partial charge in [0.1, 0.15) is 17.5 Å². The molecule has 162 valence electrons. The van der Waals surface area contributed by atoms with E-state index in [2.05, 4.69) is 5.32 Å². The number of sulfonamides is 1. The van der Waals surface area contributed by atoms with Crippen molar-refractivity contribution in [3.8, 4) is 5.75 Å². The van der Waals surface area contributed by atoms with Crippen molar-refractivity contribution in [3.05, 3.63) is 57.6 Å². The van der Waals surface area contributed by atoms with Gasteiger partial charge in [-0.25, -0.2) is 8.42 Å². The quantitative estimate of drug-likeness (QED) is 0.501. The number of benzene rings is 2. The Morgan fingerprint density at radius 3 is 2.43 bits per heavy atom.